The zero-order chi connectivity index (χ0) is 25.2. The van der Waals surface area contributed by atoms with E-state index in [2.05, 4.69) is 9.98 Å². The van der Waals surface area contributed by atoms with E-state index in [1.165, 1.54) is 45.8 Å². The molecule has 10 nitrogen and oxygen atoms in total. The molecule has 0 aromatic carbocycles. The third-order valence-corrected chi connectivity index (χ3v) is 5.63. The maximum atomic E-state index is 13.5. The lowest BCUT2D eigenvalue weighted by Crippen LogP contribution is -2.33. The van der Waals surface area contributed by atoms with Gasteiger partial charge in [0.25, 0.3) is 11.5 Å². The average molecular weight is 483 g/mol. The quantitative estimate of drug-likeness (QED) is 0.278. The summed E-state index contributed by atoms with van der Waals surface area (Å²) in [4.78, 5) is 52.6. The highest BCUT2D eigenvalue weighted by molar-refractivity contribution is 5.97. The number of aromatic nitrogens is 4. The average Bonchev–Trinajstić information content (AvgIpc) is 3.40. The fourth-order valence-electron chi connectivity index (χ4n) is 3.93. The van der Waals surface area contributed by atoms with Gasteiger partial charge < -0.3 is 13.7 Å². The number of ether oxygens (including phenoxy) is 1. The minimum absolute atomic E-state index is 0.00370. The second-order valence-corrected chi connectivity index (χ2v) is 7.96. The number of amides is 1. The molecule has 0 atom stereocenters. The first kappa shape index (κ1) is 22.9. The van der Waals surface area contributed by atoms with E-state index in [-0.39, 0.29) is 46.4 Å². The molecule has 0 aliphatic heterocycles. The lowest BCUT2D eigenvalue weighted by molar-refractivity contribution is 0.0523. The summed E-state index contributed by atoms with van der Waals surface area (Å²) >= 11 is 0. The first-order valence-corrected chi connectivity index (χ1v) is 11.2. The lowest BCUT2D eigenvalue weighted by atomic mass is 10.2. The number of hydrogen-bond donors (Lipinski definition) is 0. The summed E-state index contributed by atoms with van der Waals surface area (Å²) in [6.07, 6.45) is 6.07. The van der Waals surface area contributed by atoms with Crippen molar-refractivity contribution >= 4 is 28.6 Å². The Hall–Kier alpha value is -4.86. The summed E-state index contributed by atoms with van der Waals surface area (Å²) in [5, 5.41) is 0.169. The third-order valence-electron chi connectivity index (χ3n) is 5.63. The van der Waals surface area contributed by atoms with E-state index in [1.54, 1.807) is 31.3 Å². The van der Waals surface area contributed by atoms with Crippen LogP contribution in [0.25, 0.3) is 16.7 Å². The van der Waals surface area contributed by atoms with Crippen LogP contribution >= 0.6 is 0 Å². The van der Waals surface area contributed by atoms with Crippen molar-refractivity contribution in [2.24, 2.45) is 4.99 Å². The second-order valence-electron chi connectivity index (χ2n) is 7.96. The van der Waals surface area contributed by atoms with Gasteiger partial charge in [-0.3, -0.25) is 19.0 Å². The van der Waals surface area contributed by atoms with Gasteiger partial charge in [0.2, 0.25) is 0 Å². The second kappa shape index (κ2) is 9.41. The molecule has 0 saturated carbocycles. The van der Waals surface area contributed by atoms with Gasteiger partial charge in [0.1, 0.15) is 22.6 Å². The van der Waals surface area contributed by atoms with Crippen LogP contribution in [-0.4, -0.2) is 37.4 Å². The van der Waals surface area contributed by atoms with Gasteiger partial charge >= 0.3 is 5.97 Å². The lowest BCUT2D eigenvalue weighted by Gasteiger charge is -2.15. The maximum Gasteiger partial charge on any atom is 0.341 e. The number of fused-ring (bicyclic) bond motifs is 2. The fourth-order valence-corrected chi connectivity index (χ4v) is 3.93. The van der Waals surface area contributed by atoms with Crippen LogP contribution in [0.3, 0.4) is 0 Å². The molecule has 0 aliphatic rings. The zero-order valence-electron chi connectivity index (χ0n) is 19.5. The summed E-state index contributed by atoms with van der Waals surface area (Å²) in [7, 11) is 0. The highest BCUT2D eigenvalue weighted by atomic mass is 16.5. The SMILES string of the molecule is CCOC(=O)c1cc2c(=O)n3cccc(C)c3nc2n(Cc2ccco2)c1=NC(=O)c1ccncc1. The zero-order valence-corrected chi connectivity index (χ0v) is 19.5. The number of nitrogens with zero attached hydrogens (tertiary/aromatic N) is 5. The van der Waals surface area contributed by atoms with Crippen molar-refractivity contribution in [3.05, 3.63) is 106 Å². The summed E-state index contributed by atoms with van der Waals surface area (Å²) in [5.74, 6) is -0.798. The summed E-state index contributed by atoms with van der Waals surface area (Å²) in [6, 6.07) is 11.5. The van der Waals surface area contributed by atoms with E-state index in [9.17, 15) is 14.4 Å². The molecule has 0 saturated heterocycles. The van der Waals surface area contributed by atoms with Crippen molar-refractivity contribution in [3.8, 4) is 0 Å². The smallest absolute Gasteiger partial charge is 0.341 e. The van der Waals surface area contributed by atoms with Gasteiger partial charge in [0.05, 0.1) is 24.8 Å². The van der Waals surface area contributed by atoms with Crippen molar-refractivity contribution in [3.63, 3.8) is 0 Å². The Bertz CT molecular complexity index is 1730. The van der Waals surface area contributed by atoms with E-state index < -0.39 is 11.9 Å². The summed E-state index contributed by atoms with van der Waals surface area (Å²) < 4.78 is 13.7. The summed E-state index contributed by atoms with van der Waals surface area (Å²) in [5.41, 5.74) is 1.35. The first-order valence-electron chi connectivity index (χ1n) is 11.2. The van der Waals surface area contributed by atoms with Crippen molar-refractivity contribution in [2.45, 2.75) is 20.4 Å². The van der Waals surface area contributed by atoms with Crippen LogP contribution in [0.4, 0.5) is 0 Å². The molecule has 5 heterocycles. The Kier molecular flexibility index (Phi) is 5.99. The molecule has 10 heteroatoms. The first-order chi connectivity index (χ1) is 17.5. The number of hydrogen-bond acceptors (Lipinski definition) is 7. The standard InChI is InChI=1S/C26H21N5O5/c1-3-35-26(34)20-14-19-22(28-21-16(2)6-4-12-30(21)25(19)33)31(15-18-7-5-13-36-18)23(20)29-24(32)17-8-10-27-11-9-17/h4-14H,3,15H2,1-2H3. The molecule has 0 fully saturated rings. The number of carbonyl (C=O) groups is 2. The molecule has 0 unspecified atom stereocenters. The number of esters is 1. The predicted octanol–water partition coefficient (Wildman–Crippen LogP) is 2.91. The number of pyridine rings is 3. The molecule has 1 amide bonds. The number of carbonyl (C=O) groups excluding carboxylic acids is 2. The van der Waals surface area contributed by atoms with E-state index in [0.29, 0.717) is 11.4 Å². The Morgan fingerprint density at radius 1 is 1.11 bits per heavy atom. The van der Waals surface area contributed by atoms with Crippen LogP contribution in [0.15, 0.2) is 81.5 Å². The molecule has 0 aliphatic carbocycles. The number of rotatable bonds is 5. The van der Waals surface area contributed by atoms with Crippen molar-refractivity contribution < 1.29 is 18.7 Å². The molecule has 0 bridgehead atoms. The minimum atomic E-state index is -0.720. The molecule has 36 heavy (non-hydrogen) atoms. The Balaban J connectivity index is 1.93. The van der Waals surface area contributed by atoms with Crippen molar-refractivity contribution in [1.82, 2.24) is 18.9 Å². The van der Waals surface area contributed by atoms with Gasteiger partial charge in [-0.2, -0.15) is 4.99 Å². The molecule has 180 valence electrons. The maximum absolute atomic E-state index is 13.5. The van der Waals surface area contributed by atoms with Gasteiger partial charge in [0.15, 0.2) is 5.49 Å². The summed E-state index contributed by atoms with van der Waals surface area (Å²) in [6.45, 7) is 3.67. The molecule has 0 N–H and O–H groups in total. The largest absolute Gasteiger partial charge is 0.467 e. The van der Waals surface area contributed by atoms with Gasteiger partial charge in [-0.25, -0.2) is 9.78 Å². The normalized spacial score (nSPS) is 11.8. The van der Waals surface area contributed by atoms with Gasteiger partial charge in [-0.1, -0.05) is 6.07 Å². The monoisotopic (exact) mass is 483 g/mol. The molecule has 5 aromatic rings. The minimum Gasteiger partial charge on any atom is -0.467 e. The van der Waals surface area contributed by atoms with Crippen LogP contribution in [0, 0.1) is 6.92 Å². The molecule has 0 spiro atoms. The Morgan fingerprint density at radius 3 is 2.64 bits per heavy atom. The van der Waals surface area contributed by atoms with Gasteiger partial charge in [-0.05, 0) is 55.8 Å². The molecular formula is C26H21N5O5. The number of furan rings is 1. The third kappa shape index (κ3) is 4.09. The number of aryl methyl sites for hydroxylation is 1. The molecule has 5 aromatic heterocycles. The molecular weight excluding hydrogens is 462 g/mol. The van der Waals surface area contributed by atoms with Crippen LogP contribution in [0.2, 0.25) is 0 Å². The van der Waals surface area contributed by atoms with Crippen LogP contribution in [0.1, 0.15) is 39.0 Å². The predicted molar refractivity (Wildman–Crippen MR) is 130 cm³/mol. The van der Waals surface area contributed by atoms with E-state index in [0.717, 1.165) is 5.56 Å². The Morgan fingerprint density at radius 2 is 1.92 bits per heavy atom. The Labute approximate surface area is 204 Å². The van der Waals surface area contributed by atoms with Crippen LogP contribution < -0.4 is 11.0 Å². The van der Waals surface area contributed by atoms with Gasteiger partial charge in [-0.15, -0.1) is 0 Å². The van der Waals surface area contributed by atoms with Gasteiger partial charge in [0, 0.05) is 24.2 Å². The topological polar surface area (TPSA) is 121 Å². The van der Waals surface area contributed by atoms with Crippen LogP contribution in [0.5, 0.6) is 0 Å². The van der Waals surface area contributed by atoms with E-state index in [1.807, 2.05) is 13.0 Å². The van der Waals surface area contributed by atoms with E-state index in [4.69, 9.17) is 14.1 Å². The van der Waals surface area contributed by atoms with Crippen molar-refractivity contribution in [2.75, 3.05) is 6.61 Å². The van der Waals surface area contributed by atoms with Crippen molar-refractivity contribution in [1.29, 1.82) is 0 Å². The van der Waals surface area contributed by atoms with E-state index >= 15 is 0 Å². The highest BCUT2D eigenvalue weighted by Gasteiger charge is 2.21. The van der Waals surface area contributed by atoms with Crippen LogP contribution in [-0.2, 0) is 11.3 Å². The highest BCUT2D eigenvalue weighted by Crippen LogP contribution is 2.15. The molecule has 5 rings (SSSR count). The molecule has 0 radical (unpaired) electrons. The fraction of sp³-hybridized carbons (Fsp3) is 0.154.